The summed E-state index contributed by atoms with van der Waals surface area (Å²) < 4.78 is 23.5. The van der Waals surface area contributed by atoms with Crippen molar-refractivity contribution in [3.8, 4) is 23.0 Å². The van der Waals surface area contributed by atoms with Crippen molar-refractivity contribution in [2.45, 2.75) is 85.6 Å². The van der Waals surface area contributed by atoms with Crippen molar-refractivity contribution in [1.29, 1.82) is 0 Å². The molecule has 6 rings (SSSR count). The monoisotopic (exact) mass is 822 g/mol. The predicted octanol–water partition coefficient (Wildman–Crippen LogP) is 4.34. The van der Waals surface area contributed by atoms with Crippen molar-refractivity contribution in [3.05, 3.63) is 52.8 Å². The number of esters is 1. The van der Waals surface area contributed by atoms with E-state index in [0.717, 1.165) is 13.1 Å². The fourth-order valence-corrected chi connectivity index (χ4v) is 7.92. The number of rotatable bonds is 4. The van der Waals surface area contributed by atoms with Gasteiger partial charge < -0.3 is 54.7 Å². The number of piperazine rings is 1. The molecule has 2 aromatic rings. The summed E-state index contributed by atoms with van der Waals surface area (Å²) in [5.41, 5.74) is -0.350. The molecular formula is C43H58N4O12. The first kappa shape index (κ1) is 44.9. The van der Waals surface area contributed by atoms with Gasteiger partial charge in [0.1, 0.15) is 23.4 Å². The van der Waals surface area contributed by atoms with Crippen LogP contribution in [0.5, 0.6) is 23.0 Å². The van der Waals surface area contributed by atoms with Crippen LogP contribution in [0.4, 0.5) is 5.69 Å². The summed E-state index contributed by atoms with van der Waals surface area (Å²) in [6, 6.07) is 0. The lowest BCUT2D eigenvalue weighted by molar-refractivity contribution is -0.161. The number of aliphatic hydroxyl groups excluding tert-OH is 2. The normalized spacial score (nSPS) is 30.1. The van der Waals surface area contributed by atoms with Gasteiger partial charge in [0.15, 0.2) is 5.75 Å². The Hall–Kier alpha value is -5.16. The molecule has 16 nitrogen and oxygen atoms in total. The minimum absolute atomic E-state index is 0.0584. The summed E-state index contributed by atoms with van der Waals surface area (Å²) in [4.78, 5) is 42.6. The molecule has 1 fully saturated rings. The Kier molecular flexibility index (Phi) is 13.7. The molecule has 59 heavy (non-hydrogen) atoms. The number of aromatic hydroxyl groups is 3. The number of aliphatic hydroxyl groups is 2. The van der Waals surface area contributed by atoms with E-state index in [0.29, 0.717) is 13.1 Å². The molecular weight excluding hydrogens is 764 g/mol. The average molecular weight is 823 g/mol. The number of hydrogen-bond acceptors (Lipinski definition) is 15. The second kappa shape index (κ2) is 18.0. The zero-order valence-electron chi connectivity index (χ0n) is 35.3. The number of methoxy groups -OCH3 is 1. The number of carbonyl (C=O) groups excluding carboxylic acids is 3. The van der Waals surface area contributed by atoms with E-state index in [1.165, 1.54) is 59.4 Å². The third-order valence-corrected chi connectivity index (χ3v) is 11.9. The van der Waals surface area contributed by atoms with Crippen LogP contribution in [-0.2, 0) is 23.8 Å². The molecule has 2 aromatic carbocycles. The molecule has 5 bridgehead atoms. The number of anilines is 1. The Bertz CT molecular complexity index is 2070. The van der Waals surface area contributed by atoms with E-state index in [1.807, 2.05) is 7.05 Å². The molecule has 322 valence electrons. The molecule has 4 aliphatic heterocycles. The molecule has 0 aliphatic carbocycles. The summed E-state index contributed by atoms with van der Waals surface area (Å²) in [6.07, 6.45) is 4.85. The molecule has 9 atom stereocenters. The Morgan fingerprint density at radius 2 is 1.59 bits per heavy atom. The number of ketones is 1. The number of nitrogens with one attached hydrogen (secondary N) is 1. The van der Waals surface area contributed by atoms with Crippen LogP contribution in [0.3, 0.4) is 0 Å². The van der Waals surface area contributed by atoms with E-state index in [4.69, 9.17) is 18.9 Å². The van der Waals surface area contributed by atoms with Crippen LogP contribution in [0.25, 0.3) is 10.8 Å². The highest BCUT2D eigenvalue weighted by atomic mass is 16.7. The van der Waals surface area contributed by atoms with Crippen LogP contribution in [-0.4, -0.2) is 130 Å². The van der Waals surface area contributed by atoms with Gasteiger partial charge in [0, 0.05) is 87.3 Å². The molecule has 1 saturated heterocycles. The fraction of sp³-hybridized carbons (Fsp3) is 0.535. The molecule has 1 amide bonds. The zero-order valence-corrected chi connectivity index (χ0v) is 35.3. The van der Waals surface area contributed by atoms with Gasteiger partial charge in [-0.2, -0.15) is 5.10 Å². The van der Waals surface area contributed by atoms with E-state index in [1.54, 1.807) is 44.9 Å². The van der Waals surface area contributed by atoms with Crippen molar-refractivity contribution in [1.82, 2.24) is 9.91 Å². The Labute approximate surface area is 344 Å². The number of hydrogen-bond donors (Lipinski definition) is 6. The fourth-order valence-electron chi connectivity index (χ4n) is 7.92. The standard InChI is InChI=1S/C43H58N4O12/c1-21-12-11-13-22(2)42(55)45-33-28(20-44-47-17-15-46(9)16-18-47)37(52)30-31(38(33)53)36(51)26(6)40-32(30)41(54)43(8,59-40)57-19-14-29(56-10)23(3)35(50)25(5)39(58-27(7)48)24(4)34(21)49/h11-14,19-21,23-25,29,34-35,39,49-53H,15-18H2,1-10H3,(H,45,55). The third kappa shape index (κ3) is 8.91. The molecule has 0 radical (unpaired) electrons. The molecule has 0 aromatic heterocycles. The third-order valence-electron chi connectivity index (χ3n) is 11.9. The predicted molar refractivity (Wildman–Crippen MR) is 220 cm³/mol. The van der Waals surface area contributed by atoms with Crippen molar-refractivity contribution < 1.29 is 58.9 Å². The maximum atomic E-state index is 14.4. The number of fused-ring (bicyclic) bond motifs is 14. The maximum absolute atomic E-state index is 14.4. The summed E-state index contributed by atoms with van der Waals surface area (Å²) in [6.45, 7) is 15.1. The average Bonchev–Trinajstić information content (AvgIpc) is 3.46. The number of likely N-dealkylation sites (N-methyl/N-ethyl adjacent to an activating group) is 1. The van der Waals surface area contributed by atoms with Gasteiger partial charge in [-0.1, -0.05) is 45.9 Å². The zero-order chi connectivity index (χ0) is 43.7. The molecule has 0 spiro atoms. The lowest BCUT2D eigenvalue weighted by Gasteiger charge is -2.38. The van der Waals surface area contributed by atoms with Crippen molar-refractivity contribution in [3.63, 3.8) is 0 Å². The number of phenols is 3. The molecule has 0 saturated carbocycles. The van der Waals surface area contributed by atoms with Crippen LogP contribution in [0.1, 0.15) is 70.0 Å². The summed E-state index contributed by atoms with van der Waals surface area (Å²) >= 11 is 0. The van der Waals surface area contributed by atoms with Crippen LogP contribution >= 0.6 is 0 Å². The Morgan fingerprint density at radius 1 is 0.949 bits per heavy atom. The van der Waals surface area contributed by atoms with Crippen LogP contribution in [0, 0.1) is 30.6 Å². The van der Waals surface area contributed by atoms with Crippen LogP contribution < -0.4 is 10.1 Å². The topological polar surface area (TPSA) is 220 Å². The van der Waals surface area contributed by atoms with Crippen LogP contribution in [0.2, 0.25) is 0 Å². The van der Waals surface area contributed by atoms with Gasteiger partial charge in [-0.05, 0) is 27.0 Å². The minimum Gasteiger partial charge on any atom is -0.507 e. The first-order chi connectivity index (χ1) is 27.7. The van der Waals surface area contributed by atoms with E-state index in [-0.39, 0.29) is 44.5 Å². The number of ether oxygens (including phenoxy) is 4. The number of Topliss-reactive ketones (excluding diaryl/α,β-unsaturated/α-hetero) is 1. The van der Waals surface area contributed by atoms with E-state index < -0.39 is 88.8 Å². The first-order valence-corrected chi connectivity index (χ1v) is 19.8. The Morgan fingerprint density at radius 3 is 2.22 bits per heavy atom. The number of carbonyl (C=O) groups is 3. The quantitative estimate of drug-likeness (QED) is 0.109. The lowest BCUT2D eigenvalue weighted by Crippen LogP contribution is -2.46. The highest BCUT2D eigenvalue weighted by molar-refractivity contribution is 6.23. The number of hydrazone groups is 1. The highest BCUT2D eigenvalue weighted by Gasteiger charge is 2.50. The van der Waals surface area contributed by atoms with E-state index in [9.17, 15) is 39.9 Å². The highest BCUT2D eigenvalue weighted by Crippen LogP contribution is 2.55. The van der Waals surface area contributed by atoms with Gasteiger partial charge >= 0.3 is 11.8 Å². The molecule has 16 heteroatoms. The van der Waals surface area contributed by atoms with Gasteiger partial charge in [-0.25, -0.2) is 0 Å². The molecule has 4 heterocycles. The molecule has 9 unspecified atom stereocenters. The summed E-state index contributed by atoms with van der Waals surface area (Å²) in [7, 11) is 3.42. The molecule has 4 aliphatic rings. The second-order valence-electron chi connectivity index (χ2n) is 16.1. The van der Waals surface area contributed by atoms with Crippen molar-refractivity contribution >= 4 is 40.3 Å². The second-order valence-corrected chi connectivity index (χ2v) is 16.1. The van der Waals surface area contributed by atoms with Gasteiger partial charge in [-0.15, -0.1) is 0 Å². The number of phenolic OH excluding ortho intramolecular Hbond substituents is 3. The van der Waals surface area contributed by atoms with Gasteiger partial charge in [-0.3, -0.25) is 19.4 Å². The SMILES string of the molecule is COC1C=COC2(C)Oc3c(C)c(O)c4c(O)c(c(C=NN5CCN(C)CC5)c(O)c4c3C2=O)NC(=O)C(C)=CC=CC(C)C(O)C(C)C(OC(C)=O)C(C)C(O)C1C. The van der Waals surface area contributed by atoms with E-state index in [2.05, 4.69) is 15.3 Å². The lowest BCUT2D eigenvalue weighted by atomic mass is 9.78. The Balaban J connectivity index is 1.70. The number of nitrogens with zero attached hydrogens (tertiary/aromatic N) is 3. The first-order valence-electron chi connectivity index (χ1n) is 19.8. The largest absolute Gasteiger partial charge is 0.507 e. The molecule has 6 N–H and O–H groups in total. The van der Waals surface area contributed by atoms with Gasteiger partial charge in [0.2, 0.25) is 0 Å². The summed E-state index contributed by atoms with van der Waals surface area (Å²) in [5, 5.41) is 67.0. The minimum atomic E-state index is -2.04. The van der Waals surface area contributed by atoms with Crippen LogP contribution in [0.15, 0.2) is 41.2 Å². The summed E-state index contributed by atoms with van der Waals surface area (Å²) in [5.74, 6) is -8.33. The number of amides is 1. The van der Waals surface area contributed by atoms with Crippen molar-refractivity contribution in [2.75, 3.05) is 45.7 Å². The number of allylic oxidation sites excluding steroid dienone is 2. The van der Waals surface area contributed by atoms with Gasteiger partial charge in [0.05, 0.1) is 53.0 Å². The maximum Gasteiger partial charge on any atom is 0.312 e. The number of benzene rings is 2. The van der Waals surface area contributed by atoms with Crippen molar-refractivity contribution in [2.24, 2.45) is 28.8 Å². The smallest absolute Gasteiger partial charge is 0.312 e. The van der Waals surface area contributed by atoms with Gasteiger partial charge in [0.25, 0.3) is 11.7 Å². The van der Waals surface area contributed by atoms with E-state index >= 15 is 0 Å².